The summed E-state index contributed by atoms with van der Waals surface area (Å²) in [6.45, 7) is 4.01. The third-order valence-corrected chi connectivity index (χ3v) is 3.79. The highest BCUT2D eigenvalue weighted by molar-refractivity contribution is 5.94. The summed E-state index contributed by atoms with van der Waals surface area (Å²) in [7, 11) is 0. The quantitative estimate of drug-likeness (QED) is 0.671. The number of aromatic nitrogens is 2. The van der Waals surface area contributed by atoms with Gasteiger partial charge in [-0.1, -0.05) is 24.8 Å². The average molecular weight is 357 g/mol. The second kappa shape index (κ2) is 7.93. The zero-order valence-corrected chi connectivity index (χ0v) is 14.3. The Morgan fingerprint density at radius 1 is 1.15 bits per heavy atom. The highest BCUT2D eigenvalue weighted by Gasteiger charge is 2.16. The summed E-state index contributed by atoms with van der Waals surface area (Å²) in [5.41, 5.74) is 2.10. The van der Waals surface area contributed by atoms with Gasteiger partial charge in [-0.15, -0.1) is 0 Å². The number of aromatic carboxylic acids is 1. The molecule has 0 fully saturated rings. The van der Waals surface area contributed by atoms with Crippen LogP contribution in [-0.2, 0) is 0 Å². The van der Waals surface area contributed by atoms with Crippen LogP contribution in [0.15, 0.2) is 67.4 Å². The minimum atomic E-state index is -1.12. The van der Waals surface area contributed by atoms with E-state index < -0.39 is 5.97 Å². The molecule has 3 rings (SSSR count). The number of nitriles is 1. The van der Waals surface area contributed by atoms with E-state index >= 15 is 0 Å². The van der Waals surface area contributed by atoms with E-state index in [0.717, 1.165) is 5.56 Å². The molecule has 0 saturated carbocycles. The van der Waals surface area contributed by atoms with E-state index in [2.05, 4.69) is 16.5 Å². The van der Waals surface area contributed by atoms with Crippen LogP contribution < -0.4 is 4.74 Å². The number of carboxylic acid groups (broad SMARTS) is 1. The molecule has 3 aromatic rings. The van der Waals surface area contributed by atoms with Gasteiger partial charge in [0.2, 0.25) is 0 Å². The van der Waals surface area contributed by atoms with Crippen molar-refractivity contribution in [1.29, 1.82) is 5.26 Å². The van der Waals surface area contributed by atoms with Crippen LogP contribution in [0.3, 0.4) is 0 Å². The molecule has 0 saturated heterocycles. The number of rotatable bonds is 6. The van der Waals surface area contributed by atoms with E-state index in [0.29, 0.717) is 35.0 Å². The molecule has 0 atom stereocenters. The van der Waals surface area contributed by atoms with Crippen LogP contribution in [0.5, 0.6) is 5.75 Å². The fourth-order valence-electron chi connectivity index (χ4n) is 2.46. The van der Waals surface area contributed by atoms with Gasteiger partial charge in [0, 0.05) is 17.3 Å². The Kier molecular flexibility index (Phi) is 5.24. The van der Waals surface area contributed by atoms with E-state index in [1.54, 1.807) is 54.6 Å². The van der Waals surface area contributed by atoms with Crippen molar-refractivity contribution in [3.63, 3.8) is 0 Å². The van der Waals surface area contributed by atoms with Crippen molar-refractivity contribution in [3.05, 3.63) is 78.5 Å². The van der Waals surface area contributed by atoms with Crippen LogP contribution in [0.25, 0.3) is 22.6 Å². The van der Waals surface area contributed by atoms with Crippen molar-refractivity contribution < 1.29 is 14.6 Å². The van der Waals surface area contributed by atoms with Crippen molar-refractivity contribution in [3.8, 4) is 34.5 Å². The summed E-state index contributed by atoms with van der Waals surface area (Å²) in [5.74, 6) is -0.0307. The molecule has 0 spiro atoms. The number of carboxylic acids is 1. The average Bonchev–Trinajstić information content (AvgIpc) is 2.72. The molecule has 1 heterocycles. The van der Waals surface area contributed by atoms with Gasteiger partial charge < -0.3 is 9.84 Å². The molecular formula is C21H15N3O3. The van der Waals surface area contributed by atoms with Crippen LogP contribution in [0.4, 0.5) is 0 Å². The minimum Gasteiger partial charge on any atom is -0.490 e. The van der Waals surface area contributed by atoms with Crippen LogP contribution in [-0.4, -0.2) is 27.7 Å². The summed E-state index contributed by atoms with van der Waals surface area (Å²) >= 11 is 0. The molecule has 1 N–H and O–H groups in total. The lowest BCUT2D eigenvalue weighted by Gasteiger charge is -2.09. The van der Waals surface area contributed by atoms with Crippen molar-refractivity contribution >= 4 is 5.97 Å². The molecule has 2 aromatic carbocycles. The van der Waals surface area contributed by atoms with Gasteiger partial charge in [0.1, 0.15) is 17.9 Å². The van der Waals surface area contributed by atoms with Gasteiger partial charge in [0.15, 0.2) is 5.82 Å². The lowest BCUT2D eigenvalue weighted by Crippen LogP contribution is -2.04. The highest BCUT2D eigenvalue weighted by Crippen LogP contribution is 2.26. The summed E-state index contributed by atoms with van der Waals surface area (Å²) in [6, 6.07) is 15.8. The van der Waals surface area contributed by atoms with Crippen LogP contribution in [0, 0.1) is 11.3 Å². The van der Waals surface area contributed by atoms with Crippen molar-refractivity contribution in [1.82, 2.24) is 9.97 Å². The molecule has 0 radical (unpaired) electrons. The standard InChI is InChI=1S/C21H15N3O3/c1-2-11-27-17-9-7-16(8-10-17)20-23-13-18(21(25)26)19(24-20)15-5-3-14(12-22)4-6-15/h2-10,13H,1,11H2,(H,25,26). The highest BCUT2D eigenvalue weighted by atomic mass is 16.5. The minimum absolute atomic E-state index is 0.00519. The molecular weight excluding hydrogens is 342 g/mol. The van der Waals surface area contributed by atoms with Crippen molar-refractivity contribution in [2.45, 2.75) is 0 Å². The molecule has 0 aliphatic carbocycles. The van der Waals surface area contributed by atoms with Gasteiger partial charge in [-0.3, -0.25) is 0 Å². The van der Waals surface area contributed by atoms with Crippen molar-refractivity contribution in [2.75, 3.05) is 6.61 Å². The summed E-state index contributed by atoms with van der Waals surface area (Å²) < 4.78 is 5.45. The maximum Gasteiger partial charge on any atom is 0.339 e. The molecule has 27 heavy (non-hydrogen) atoms. The molecule has 0 unspecified atom stereocenters. The lowest BCUT2D eigenvalue weighted by molar-refractivity contribution is 0.0697. The Hall–Kier alpha value is -3.98. The SMILES string of the molecule is C=CCOc1ccc(-c2ncc(C(=O)O)c(-c3ccc(C#N)cc3)n2)cc1. The monoisotopic (exact) mass is 357 g/mol. The summed E-state index contributed by atoms with van der Waals surface area (Å²) in [4.78, 5) is 20.2. The second-order valence-corrected chi connectivity index (χ2v) is 5.57. The first kappa shape index (κ1) is 17.8. The molecule has 0 bridgehead atoms. The number of nitrogens with zero attached hydrogens (tertiary/aromatic N) is 3. The molecule has 0 aliphatic heterocycles. The van der Waals surface area contributed by atoms with Crippen LogP contribution in [0.2, 0.25) is 0 Å². The number of hydrogen-bond donors (Lipinski definition) is 1. The van der Waals surface area contributed by atoms with Gasteiger partial charge in [0.25, 0.3) is 0 Å². The fraction of sp³-hybridized carbons (Fsp3) is 0.0476. The van der Waals surface area contributed by atoms with E-state index in [-0.39, 0.29) is 5.56 Å². The maximum atomic E-state index is 11.6. The number of hydrogen-bond acceptors (Lipinski definition) is 5. The summed E-state index contributed by atoms with van der Waals surface area (Å²) in [5, 5.41) is 18.4. The van der Waals surface area contributed by atoms with Crippen LogP contribution in [0.1, 0.15) is 15.9 Å². The Morgan fingerprint density at radius 2 is 1.81 bits per heavy atom. The third-order valence-electron chi connectivity index (χ3n) is 3.79. The topological polar surface area (TPSA) is 96.1 Å². The first-order valence-corrected chi connectivity index (χ1v) is 8.07. The smallest absolute Gasteiger partial charge is 0.339 e. The largest absolute Gasteiger partial charge is 0.490 e. The lowest BCUT2D eigenvalue weighted by atomic mass is 10.0. The van der Waals surface area contributed by atoms with E-state index in [4.69, 9.17) is 10.00 Å². The third kappa shape index (κ3) is 3.99. The predicted molar refractivity (Wildman–Crippen MR) is 100 cm³/mol. The Bertz CT molecular complexity index is 1020. The molecule has 132 valence electrons. The Morgan fingerprint density at radius 3 is 2.41 bits per heavy atom. The maximum absolute atomic E-state index is 11.6. The van der Waals surface area contributed by atoms with Crippen LogP contribution >= 0.6 is 0 Å². The molecule has 0 aliphatic rings. The Balaban J connectivity index is 2.01. The summed E-state index contributed by atoms with van der Waals surface area (Å²) in [6.07, 6.45) is 2.95. The number of ether oxygens (including phenoxy) is 1. The van der Waals surface area contributed by atoms with E-state index in [9.17, 15) is 9.90 Å². The second-order valence-electron chi connectivity index (χ2n) is 5.57. The first-order valence-electron chi connectivity index (χ1n) is 8.07. The van der Waals surface area contributed by atoms with E-state index in [1.807, 2.05) is 6.07 Å². The Labute approximate surface area is 156 Å². The van der Waals surface area contributed by atoms with Crippen molar-refractivity contribution in [2.24, 2.45) is 0 Å². The molecule has 0 amide bonds. The predicted octanol–water partition coefficient (Wildman–Crippen LogP) is 3.95. The molecule has 6 nitrogen and oxygen atoms in total. The first-order chi connectivity index (χ1) is 13.1. The van der Waals surface area contributed by atoms with Gasteiger partial charge in [-0.05, 0) is 36.4 Å². The van der Waals surface area contributed by atoms with Gasteiger partial charge in [-0.25, -0.2) is 14.8 Å². The molecule has 1 aromatic heterocycles. The molecule has 6 heteroatoms. The fourth-order valence-corrected chi connectivity index (χ4v) is 2.46. The van der Waals surface area contributed by atoms with Gasteiger partial charge in [-0.2, -0.15) is 5.26 Å². The number of benzene rings is 2. The zero-order valence-electron chi connectivity index (χ0n) is 14.3. The van der Waals surface area contributed by atoms with Gasteiger partial charge >= 0.3 is 5.97 Å². The normalized spacial score (nSPS) is 10.0. The number of carbonyl (C=O) groups is 1. The zero-order chi connectivity index (χ0) is 19.2. The van der Waals surface area contributed by atoms with E-state index in [1.165, 1.54) is 6.20 Å². The van der Waals surface area contributed by atoms with Gasteiger partial charge in [0.05, 0.1) is 17.3 Å².